The van der Waals surface area contributed by atoms with Gasteiger partial charge in [-0.25, -0.2) is 0 Å². The lowest BCUT2D eigenvalue weighted by atomic mass is 9.89. The Hall–Kier alpha value is -1.03. The third kappa shape index (κ3) is 5.70. The van der Waals surface area contributed by atoms with Crippen LogP contribution in [-0.2, 0) is 11.2 Å². The standard InChI is InChI=1S/C15H17NO2S3/c1-15(10-16,9-12(19)13(17)18)14(20)21-8-7-11-5-3-2-4-6-11/h2-6,12,19H,7-9H2,1H3,(H,17,18). The number of nitriles is 1. The number of thiol groups is 1. The van der Waals surface area contributed by atoms with E-state index in [9.17, 15) is 10.1 Å². The quantitative estimate of drug-likeness (QED) is 0.587. The lowest BCUT2D eigenvalue weighted by Crippen LogP contribution is -2.29. The van der Waals surface area contributed by atoms with E-state index >= 15 is 0 Å². The second-order valence-electron chi connectivity index (χ2n) is 4.87. The highest BCUT2D eigenvalue weighted by molar-refractivity contribution is 8.23. The van der Waals surface area contributed by atoms with Gasteiger partial charge in [-0.3, -0.25) is 4.79 Å². The summed E-state index contributed by atoms with van der Waals surface area (Å²) in [5.74, 6) is -0.262. The van der Waals surface area contributed by atoms with Crippen LogP contribution in [0.1, 0.15) is 18.9 Å². The zero-order valence-corrected chi connectivity index (χ0v) is 14.2. The summed E-state index contributed by atoms with van der Waals surface area (Å²) in [6.45, 7) is 1.68. The van der Waals surface area contributed by atoms with Gasteiger partial charge in [0.05, 0.1) is 15.7 Å². The minimum atomic E-state index is -1.03. The van der Waals surface area contributed by atoms with E-state index in [4.69, 9.17) is 17.3 Å². The van der Waals surface area contributed by atoms with Crippen LogP contribution >= 0.6 is 36.6 Å². The molecule has 0 bridgehead atoms. The van der Waals surface area contributed by atoms with Crippen LogP contribution in [0.4, 0.5) is 0 Å². The van der Waals surface area contributed by atoms with Gasteiger partial charge >= 0.3 is 5.97 Å². The van der Waals surface area contributed by atoms with Gasteiger partial charge in [0, 0.05) is 5.75 Å². The molecule has 0 fully saturated rings. The van der Waals surface area contributed by atoms with Gasteiger partial charge in [0.15, 0.2) is 0 Å². The minimum absolute atomic E-state index is 0.110. The van der Waals surface area contributed by atoms with E-state index in [0.717, 1.165) is 12.2 Å². The van der Waals surface area contributed by atoms with E-state index in [1.807, 2.05) is 30.3 Å². The van der Waals surface area contributed by atoms with Crippen LogP contribution in [0.2, 0.25) is 0 Å². The second-order valence-corrected chi connectivity index (χ2v) is 7.27. The number of rotatable bonds is 7. The molecule has 0 aliphatic heterocycles. The molecule has 1 aromatic carbocycles. The fourth-order valence-corrected chi connectivity index (χ4v) is 3.43. The molecule has 21 heavy (non-hydrogen) atoms. The normalized spacial score (nSPS) is 14.7. The lowest BCUT2D eigenvalue weighted by molar-refractivity contribution is -0.136. The zero-order valence-electron chi connectivity index (χ0n) is 11.7. The minimum Gasteiger partial charge on any atom is -0.480 e. The molecule has 0 aliphatic rings. The molecule has 3 nitrogen and oxygen atoms in total. The van der Waals surface area contributed by atoms with Crippen LogP contribution in [0.3, 0.4) is 0 Å². The third-order valence-corrected chi connectivity index (χ3v) is 5.38. The van der Waals surface area contributed by atoms with E-state index in [2.05, 4.69) is 18.7 Å². The highest BCUT2D eigenvalue weighted by Crippen LogP contribution is 2.32. The van der Waals surface area contributed by atoms with Crippen LogP contribution in [0.25, 0.3) is 0 Å². The summed E-state index contributed by atoms with van der Waals surface area (Å²) >= 11 is 10.8. The number of aliphatic carboxylic acids is 1. The maximum atomic E-state index is 10.9. The molecule has 0 amide bonds. The number of hydrogen-bond acceptors (Lipinski definition) is 5. The zero-order chi connectivity index (χ0) is 15.9. The number of carboxylic acid groups (broad SMARTS) is 1. The van der Waals surface area contributed by atoms with Crippen molar-refractivity contribution in [2.45, 2.75) is 25.0 Å². The van der Waals surface area contributed by atoms with Crippen molar-refractivity contribution in [2.24, 2.45) is 5.41 Å². The van der Waals surface area contributed by atoms with Crippen molar-refractivity contribution in [3.63, 3.8) is 0 Å². The molecule has 0 radical (unpaired) electrons. The van der Waals surface area contributed by atoms with Crippen molar-refractivity contribution in [2.75, 3.05) is 5.75 Å². The fraction of sp³-hybridized carbons (Fsp3) is 0.400. The van der Waals surface area contributed by atoms with Crippen molar-refractivity contribution in [1.82, 2.24) is 0 Å². The predicted octanol–water partition coefficient (Wildman–Crippen LogP) is 3.59. The summed E-state index contributed by atoms with van der Waals surface area (Å²) in [5.41, 5.74) is 0.255. The molecule has 0 saturated carbocycles. The first kappa shape index (κ1) is 18.0. The Balaban J connectivity index is 2.55. The molecule has 2 unspecified atom stereocenters. The molecule has 6 heteroatoms. The molecule has 1 aromatic rings. The van der Waals surface area contributed by atoms with Crippen LogP contribution in [-0.4, -0.2) is 26.3 Å². The molecule has 1 N–H and O–H groups in total. The smallest absolute Gasteiger partial charge is 0.316 e. The molecule has 0 aliphatic carbocycles. The Kier molecular flexibility index (Phi) is 7.23. The average Bonchev–Trinajstić information content (AvgIpc) is 2.47. The summed E-state index contributed by atoms with van der Waals surface area (Å²) in [6.07, 6.45) is 0.968. The number of benzene rings is 1. The topological polar surface area (TPSA) is 61.1 Å². The molecule has 0 aromatic heterocycles. The van der Waals surface area contributed by atoms with Gasteiger partial charge in [-0.15, -0.1) is 11.8 Å². The summed E-state index contributed by atoms with van der Waals surface area (Å²) in [7, 11) is 0. The summed E-state index contributed by atoms with van der Waals surface area (Å²) in [5, 5.41) is 17.3. The maximum absolute atomic E-state index is 10.9. The Morgan fingerprint density at radius 1 is 1.52 bits per heavy atom. The number of nitrogens with zero attached hydrogens (tertiary/aromatic N) is 1. The Morgan fingerprint density at radius 3 is 2.67 bits per heavy atom. The van der Waals surface area contributed by atoms with E-state index in [-0.39, 0.29) is 6.42 Å². The summed E-state index contributed by atoms with van der Waals surface area (Å²) in [6, 6.07) is 12.2. The third-order valence-electron chi connectivity index (χ3n) is 3.05. The van der Waals surface area contributed by atoms with Gasteiger partial charge in [0.1, 0.15) is 5.25 Å². The largest absolute Gasteiger partial charge is 0.480 e. The van der Waals surface area contributed by atoms with Crippen LogP contribution in [0.15, 0.2) is 30.3 Å². The van der Waals surface area contributed by atoms with E-state index < -0.39 is 16.6 Å². The van der Waals surface area contributed by atoms with E-state index in [0.29, 0.717) is 4.20 Å². The lowest BCUT2D eigenvalue weighted by Gasteiger charge is -2.23. The Morgan fingerprint density at radius 2 is 2.14 bits per heavy atom. The van der Waals surface area contributed by atoms with Gasteiger partial charge in [-0.05, 0) is 25.3 Å². The molecule has 112 valence electrons. The number of carboxylic acids is 1. The summed E-state index contributed by atoms with van der Waals surface area (Å²) < 4.78 is 0.529. The average molecular weight is 340 g/mol. The van der Waals surface area contributed by atoms with E-state index in [1.54, 1.807) is 6.92 Å². The monoisotopic (exact) mass is 339 g/mol. The maximum Gasteiger partial charge on any atom is 0.316 e. The molecular weight excluding hydrogens is 322 g/mol. The number of hydrogen-bond donors (Lipinski definition) is 2. The van der Waals surface area contributed by atoms with Crippen molar-refractivity contribution in [3.8, 4) is 6.07 Å². The van der Waals surface area contributed by atoms with Crippen molar-refractivity contribution < 1.29 is 9.90 Å². The van der Waals surface area contributed by atoms with Crippen molar-refractivity contribution in [1.29, 1.82) is 5.26 Å². The Labute approximate surface area is 140 Å². The van der Waals surface area contributed by atoms with Gasteiger partial charge in [0.2, 0.25) is 0 Å². The van der Waals surface area contributed by atoms with Crippen LogP contribution in [0, 0.1) is 16.7 Å². The molecule has 0 heterocycles. The molecular formula is C15H17NO2S3. The number of thioether (sulfide) groups is 1. The van der Waals surface area contributed by atoms with Crippen molar-refractivity contribution in [3.05, 3.63) is 35.9 Å². The first-order valence-corrected chi connectivity index (χ1v) is 8.33. The van der Waals surface area contributed by atoms with Gasteiger partial charge in [0.25, 0.3) is 0 Å². The first-order valence-electron chi connectivity index (χ1n) is 6.42. The van der Waals surface area contributed by atoms with Crippen LogP contribution in [0.5, 0.6) is 0 Å². The van der Waals surface area contributed by atoms with Crippen molar-refractivity contribution >= 4 is 46.8 Å². The highest BCUT2D eigenvalue weighted by atomic mass is 32.2. The first-order chi connectivity index (χ1) is 9.89. The summed E-state index contributed by atoms with van der Waals surface area (Å²) in [4.78, 5) is 10.9. The molecule has 0 saturated heterocycles. The van der Waals surface area contributed by atoms with Crippen LogP contribution < -0.4 is 0 Å². The second kappa shape index (κ2) is 8.42. The van der Waals surface area contributed by atoms with Gasteiger partial charge in [-0.2, -0.15) is 17.9 Å². The SMILES string of the molecule is CC(C#N)(CC(S)C(=O)O)C(=S)SCCc1ccccc1. The predicted molar refractivity (Wildman–Crippen MR) is 93.9 cm³/mol. The Bertz CT molecular complexity index is 542. The van der Waals surface area contributed by atoms with Gasteiger partial charge in [-0.1, -0.05) is 42.5 Å². The molecule has 2 atom stereocenters. The molecule has 0 spiro atoms. The molecule has 1 rings (SSSR count). The van der Waals surface area contributed by atoms with Gasteiger partial charge < -0.3 is 5.11 Å². The highest BCUT2D eigenvalue weighted by Gasteiger charge is 2.34. The fourth-order valence-electron chi connectivity index (χ4n) is 1.71. The van der Waals surface area contributed by atoms with E-state index in [1.165, 1.54) is 17.3 Å². The number of aryl methyl sites for hydroxylation is 1. The number of carbonyl (C=O) groups is 1. The number of thiocarbonyl (C=S) groups is 1.